The number of hydrogen-bond donors (Lipinski definition) is 0. The molecule has 1 heterocycles. The quantitative estimate of drug-likeness (QED) is 0.751. The topological polar surface area (TPSA) is 39.4 Å². The molecule has 0 unspecified atom stereocenters. The molecule has 0 atom stereocenters. The van der Waals surface area contributed by atoms with Crippen molar-refractivity contribution in [2.45, 2.75) is 6.92 Å². The van der Waals surface area contributed by atoms with Gasteiger partial charge in [-0.2, -0.15) is 0 Å². The minimum absolute atomic E-state index is 0.402. The molecule has 2 aromatic rings. The van der Waals surface area contributed by atoms with Crippen LogP contribution in [0.25, 0.3) is 0 Å². The van der Waals surface area contributed by atoms with Crippen molar-refractivity contribution >= 4 is 0 Å². The second-order valence-electron chi connectivity index (χ2n) is 3.14. The Morgan fingerprint density at radius 2 is 1.80 bits per heavy atom. The Morgan fingerprint density at radius 1 is 1.07 bits per heavy atom. The molecule has 0 bridgehead atoms. The third kappa shape index (κ3) is 2.47. The summed E-state index contributed by atoms with van der Waals surface area (Å²) in [4.78, 5) is 11.1. The molecule has 1 aromatic heterocycles. The number of rotatable bonds is 2. The van der Waals surface area contributed by atoms with Crippen LogP contribution in [-0.2, 0) is 0 Å². The van der Waals surface area contributed by atoms with Crippen molar-refractivity contribution in [3.63, 3.8) is 0 Å². The fraction of sp³-hybridized carbons (Fsp3) is 0.0833. The molecular weight excluding hydrogens is 192 g/mol. The van der Waals surface area contributed by atoms with E-state index in [0.29, 0.717) is 17.3 Å². The van der Waals surface area contributed by atoms with Gasteiger partial charge >= 0.3 is 5.63 Å². The highest BCUT2D eigenvalue weighted by atomic mass is 16.5. The zero-order chi connectivity index (χ0) is 10.7. The summed E-state index contributed by atoms with van der Waals surface area (Å²) in [7, 11) is 0. The summed E-state index contributed by atoms with van der Waals surface area (Å²) in [5.41, 5.74) is -0.402. The normalized spacial score (nSPS) is 9.93. The van der Waals surface area contributed by atoms with Crippen LogP contribution in [0.5, 0.6) is 11.5 Å². The summed E-state index contributed by atoms with van der Waals surface area (Å²) in [6, 6.07) is 12.3. The fourth-order valence-corrected chi connectivity index (χ4v) is 1.26. The van der Waals surface area contributed by atoms with E-state index >= 15 is 0 Å². The van der Waals surface area contributed by atoms with Gasteiger partial charge in [-0.25, -0.2) is 4.79 Å². The predicted molar refractivity (Wildman–Crippen MR) is 56.2 cm³/mol. The Hall–Kier alpha value is -2.03. The largest absolute Gasteiger partial charge is 0.457 e. The second-order valence-corrected chi connectivity index (χ2v) is 3.14. The molecule has 15 heavy (non-hydrogen) atoms. The van der Waals surface area contributed by atoms with Gasteiger partial charge in [-0.05, 0) is 19.1 Å². The first-order valence-corrected chi connectivity index (χ1v) is 4.59. The van der Waals surface area contributed by atoms with Crippen molar-refractivity contribution < 1.29 is 9.15 Å². The molecule has 0 fully saturated rings. The van der Waals surface area contributed by atoms with Crippen molar-refractivity contribution in [3.8, 4) is 11.5 Å². The highest BCUT2D eigenvalue weighted by Crippen LogP contribution is 2.19. The van der Waals surface area contributed by atoms with E-state index in [4.69, 9.17) is 9.15 Å². The molecule has 0 saturated heterocycles. The first kappa shape index (κ1) is 9.52. The Morgan fingerprint density at radius 3 is 2.47 bits per heavy atom. The molecule has 0 saturated carbocycles. The van der Waals surface area contributed by atoms with Gasteiger partial charge in [0.1, 0.15) is 17.3 Å². The first-order valence-electron chi connectivity index (χ1n) is 4.59. The van der Waals surface area contributed by atoms with E-state index in [0.717, 1.165) is 0 Å². The lowest BCUT2D eigenvalue weighted by molar-refractivity contribution is 0.440. The van der Waals surface area contributed by atoms with Crippen molar-refractivity contribution in [3.05, 3.63) is 58.6 Å². The third-order valence-corrected chi connectivity index (χ3v) is 1.85. The number of benzene rings is 1. The minimum atomic E-state index is -0.402. The van der Waals surface area contributed by atoms with Crippen LogP contribution in [0, 0.1) is 6.92 Å². The molecule has 0 aliphatic rings. The van der Waals surface area contributed by atoms with Gasteiger partial charge in [-0.3, -0.25) is 0 Å². The summed E-state index contributed by atoms with van der Waals surface area (Å²) < 4.78 is 10.3. The summed E-state index contributed by atoms with van der Waals surface area (Å²) in [6.07, 6.45) is 0. The van der Waals surface area contributed by atoms with Gasteiger partial charge in [0.15, 0.2) is 0 Å². The van der Waals surface area contributed by atoms with Crippen LogP contribution in [0.1, 0.15) is 5.76 Å². The molecule has 0 radical (unpaired) electrons. The molecular formula is C12H10O3. The Balaban J connectivity index is 2.29. The van der Waals surface area contributed by atoms with E-state index in [1.165, 1.54) is 6.07 Å². The average Bonchev–Trinajstić information content (AvgIpc) is 2.17. The number of para-hydroxylation sites is 1. The first-order chi connectivity index (χ1) is 7.24. The van der Waals surface area contributed by atoms with Gasteiger partial charge < -0.3 is 9.15 Å². The summed E-state index contributed by atoms with van der Waals surface area (Å²) >= 11 is 0. The molecule has 3 heteroatoms. The van der Waals surface area contributed by atoms with E-state index < -0.39 is 5.63 Å². The molecule has 3 nitrogen and oxygen atoms in total. The van der Waals surface area contributed by atoms with Crippen LogP contribution in [0.15, 0.2) is 51.7 Å². The van der Waals surface area contributed by atoms with Crippen LogP contribution < -0.4 is 10.4 Å². The maximum absolute atomic E-state index is 11.1. The molecule has 0 aliphatic heterocycles. The van der Waals surface area contributed by atoms with E-state index in [1.54, 1.807) is 13.0 Å². The highest BCUT2D eigenvalue weighted by Gasteiger charge is 2.00. The molecule has 0 aliphatic carbocycles. The highest BCUT2D eigenvalue weighted by molar-refractivity contribution is 5.29. The minimum Gasteiger partial charge on any atom is -0.457 e. The van der Waals surface area contributed by atoms with Gasteiger partial charge in [0.25, 0.3) is 0 Å². The van der Waals surface area contributed by atoms with Crippen molar-refractivity contribution in [1.29, 1.82) is 0 Å². The SMILES string of the molecule is Cc1cc(Oc2ccccc2)cc(=O)o1. The molecule has 1 aromatic carbocycles. The van der Waals surface area contributed by atoms with Crippen LogP contribution in [-0.4, -0.2) is 0 Å². The van der Waals surface area contributed by atoms with Crippen molar-refractivity contribution in [2.75, 3.05) is 0 Å². The Bertz CT molecular complexity index is 500. The lowest BCUT2D eigenvalue weighted by Gasteiger charge is -2.04. The summed E-state index contributed by atoms with van der Waals surface area (Å²) in [6.45, 7) is 1.71. The second kappa shape index (κ2) is 4.00. The zero-order valence-electron chi connectivity index (χ0n) is 8.27. The molecule has 76 valence electrons. The molecule has 2 rings (SSSR count). The Kier molecular flexibility index (Phi) is 2.54. The van der Waals surface area contributed by atoms with Crippen LogP contribution in [0.4, 0.5) is 0 Å². The van der Waals surface area contributed by atoms with Gasteiger partial charge in [0.05, 0.1) is 6.07 Å². The lowest BCUT2D eigenvalue weighted by atomic mass is 10.3. The van der Waals surface area contributed by atoms with E-state index in [1.807, 2.05) is 30.3 Å². The molecule has 0 spiro atoms. The van der Waals surface area contributed by atoms with Gasteiger partial charge in [-0.1, -0.05) is 18.2 Å². The fourth-order valence-electron chi connectivity index (χ4n) is 1.26. The Labute approximate surface area is 86.9 Å². The third-order valence-electron chi connectivity index (χ3n) is 1.85. The summed E-state index contributed by atoms with van der Waals surface area (Å²) in [5.74, 6) is 1.73. The average molecular weight is 202 g/mol. The van der Waals surface area contributed by atoms with Crippen molar-refractivity contribution in [1.82, 2.24) is 0 Å². The summed E-state index contributed by atoms with van der Waals surface area (Å²) in [5, 5.41) is 0. The van der Waals surface area contributed by atoms with Gasteiger partial charge in [0, 0.05) is 6.07 Å². The van der Waals surface area contributed by atoms with Gasteiger partial charge in [0.2, 0.25) is 0 Å². The number of aryl methyl sites for hydroxylation is 1. The zero-order valence-corrected chi connectivity index (χ0v) is 8.27. The lowest BCUT2D eigenvalue weighted by Crippen LogP contribution is -1.98. The predicted octanol–water partition coefficient (Wildman–Crippen LogP) is 2.74. The smallest absolute Gasteiger partial charge is 0.339 e. The number of hydrogen-bond acceptors (Lipinski definition) is 3. The maximum atomic E-state index is 11.1. The van der Waals surface area contributed by atoms with Crippen LogP contribution in [0.3, 0.4) is 0 Å². The van der Waals surface area contributed by atoms with E-state index in [9.17, 15) is 4.79 Å². The van der Waals surface area contributed by atoms with E-state index in [-0.39, 0.29) is 0 Å². The van der Waals surface area contributed by atoms with E-state index in [2.05, 4.69) is 0 Å². The van der Waals surface area contributed by atoms with Crippen LogP contribution >= 0.6 is 0 Å². The monoisotopic (exact) mass is 202 g/mol. The van der Waals surface area contributed by atoms with Crippen LogP contribution in [0.2, 0.25) is 0 Å². The maximum Gasteiger partial charge on any atom is 0.339 e. The molecule has 0 N–H and O–H groups in total. The van der Waals surface area contributed by atoms with Crippen molar-refractivity contribution in [2.24, 2.45) is 0 Å². The van der Waals surface area contributed by atoms with Gasteiger partial charge in [-0.15, -0.1) is 0 Å². The number of ether oxygens (including phenoxy) is 1. The standard InChI is InChI=1S/C12H10O3/c1-9-7-11(8-12(13)14-9)15-10-5-3-2-4-6-10/h2-8H,1H3. The molecule has 0 amide bonds.